The molecule has 0 aliphatic carbocycles. The third-order valence-electron chi connectivity index (χ3n) is 5.92. The monoisotopic (exact) mass is 488 g/mol. The molecule has 1 aliphatic heterocycles. The molecule has 2 aromatic carbocycles. The molecule has 1 fully saturated rings. The van der Waals surface area contributed by atoms with Crippen molar-refractivity contribution in [3.63, 3.8) is 0 Å². The SMILES string of the molecule is COc1ccc(/C=C/c2nc(C#N)c(N3CCN(C(=O)COc4ccccc4C)CC3)o2)cc1OC. The molecule has 0 atom stereocenters. The van der Waals surface area contributed by atoms with Gasteiger partial charge in [0, 0.05) is 32.3 Å². The van der Waals surface area contributed by atoms with Crippen LogP contribution >= 0.6 is 0 Å². The summed E-state index contributed by atoms with van der Waals surface area (Å²) in [5, 5.41) is 9.58. The Morgan fingerprint density at radius 2 is 1.81 bits per heavy atom. The maximum Gasteiger partial charge on any atom is 0.260 e. The van der Waals surface area contributed by atoms with Crippen LogP contribution in [0.5, 0.6) is 17.2 Å². The fraction of sp³-hybridized carbons (Fsp3) is 0.296. The Bertz CT molecular complexity index is 1290. The van der Waals surface area contributed by atoms with Crippen molar-refractivity contribution in [2.24, 2.45) is 0 Å². The summed E-state index contributed by atoms with van der Waals surface area (Å²) in [5.41, 5.74) is 2.07. The lowest BCUT2D eigenvalue weighted by Crippen LogP contribution is -2.50. The average Bonchev–Trinajstić information content (AvgIpc) is 3.34. The highest BCUT2D eigenvalue weighted by Gasteiger charge is 2.26. The van der Waals surface area contributed by atoms with Gasteiger partial charge < -0.3 is 28.4 Å². The number of aryl methyl sites for hydroxylation is 1. The zero-order valence-corrected chi connectivity index (χ0v) is 20.6. The van der Waals surface area contributed by atoms with Crippen LogP contribution in [0.2, 0.25) is 0 Å². The van der Waals surface area contributed by atoms with Crippen molar-refractivity contribution in [3.8, 4) is 23.3 Å². The molecule has 2 heterocycles. The van der Waals surface area contributed by atoms with Crippen LogP contribution in [0.25, 0.3) is 12.2 Å². The number of hydrogen-bond donors (Lipinski definition) is 0. The first kappa shape index (κ1) is 24.7. The largest absolute Gasteiger partial charge is 0.493 e. The average molecular weight is 489 g/mol. The number of benzene rings is 2. The van der Waals surface area contributed by atoms with Crippen LogP contribution in [0.1, 0.15) is 22.7 Å². The summed E-state index contributed by atoms with van der Waals surface area (Å²) in [6, 6.07) is 15.2. The van der Waals surface area contributed by atoms with Gasteiger partial charge in [0.1, 0.15) is 11.8 Å². The van der Waals surface area contributed by atoms with E-state index in [1.807, 2.05) is 60.4 Å². The van der Waals surface area contributed by atoms with E-state index in [0.717, 1.165) is 11.1 Å². The predicted molar refractivity (Wildman–Crippen MR) is 135 cm³/mol. The summed E-state index contributed by atoms with van der Waals surface area (Å²) < 4.78 is 22.2. The molecule has 0 N–H and O–H groups in total. The lowest BCUT2D eigenvalue weighted by molar-refractivity contribution is -0.133. The van der Waals surface area contributed by atoms with Gasteiger partial charge in [-0.2, -0.15) is 10.2 Å². The molecule has 3 aromatic rings. The summed E-state index contributed by atoms with van der Waals surface area (Å²) in [4.78, 5) is 20.6. The van der Waals surface area contributed by atoms with E-state index in [1.165, 1.54) is 0 Å². The third kappa shape index (κ3) is 5.61. The zero-order valence-electron chi connectivity index (χ0n) is 20.6. The van der Waals surface area contributed by atoms with Crippen LogP contribution in [0.4, 0.5) is 5.88 Å². The van der Waals surface area contributed by atoms with Crippen LogP contribution < -0.4 is 19.1 Å². The maximum atomic E-state index is 12.6. The van der Waals surface area contributed by atoms with E-state index in [0.29, 0.717) is 55.2 Å². The molecule has 1 aliphatic rings. The van der Waals surface area contributed by atoms with Crippen molar-refractivity contribution < 1.29 is 23.4 Å². The maximum absolute atomic E-state index is 12.6. The fourth-order valence-corrected chi connectivity index (χ4v) is 3.92. The Kier molecular flexibility index (Phi) is 7.75. The first-order valence-corrected chi connectivity index (χ1v) is 11.5. The number of amides is 1. The van der Waals surface area contributed by atoms with Crippen LogP contribution in [0.15, 0.2) is 46.9 Å². The smallest absolute Gasteiger partial charge is 0.260 e. The molecule has 9 heteroatoms. The van der Waals surface area contributed by atoms with Gasteiger partial charge in [-0.3, -0.25) is 4.79 Å². The molecule has 4 rings (SSSR count). The molecule has 186 valence electrons. The molecular formula is C27H28N4O5. The molecule has 1 aromatic heterocycles. The van der Waals surface area contributed by atoms with Gasteiger partial charge in [-0.15, -0.1) is 0 Å². The van der Waals surface area contributed by atoms with Crippen molar-refractivity contribution in [3.05, 3.63) is 65.2 Å². The van der Waals surface area contributed by atoms with E-state index in [1.54, 1.807) is 25.2 Å². The molecule has 0 bridgehead atoms. The van der Waals surface area contributed by atoms with Crippen LogP contribution in [0.3, 0.4) is 0 Å². The van der Waals surface area contributed by atoms with Crippen molar-refractivity contribution in [1.29, 1.82) is 5.26 Å². The number of nitrogens with zero attached hydrogens (tertiary/aromatic N) is 4. The van der Waals surface area contributed by atoms with Crippen LogP contribution in [-0.4, -0.2) is 62.8 Å². The highest BCUT2D eigenvalue weighted by molar-refractivity contribution is 5.78. The fourth-order valence-electron chi connectivity index (χ4n) is 3.92. The topological polar surface area (TPSA) is 101 Å². The first-order valence-electron chi connectivity index (χ1n) is 11.5. The third-order valence-corrected chi connectivity index (χ3v) is 5.92. The second-order valence-electron chi connectivity index (χ2n) is 8.19. The summed E-state index contributed by atoms with van der Waals surface area (Å²) in [6.07, 6.45) is 3.53. The van der Waals surface area contributed by atoms with Crippen molar-refractivity contribution >= 4 is 23.9 Å². The second kappa shape index (κ2) is 11.3. The van der Waals surface area contributed by atoms with Gasteiger partial charge in [0.05, 0.1) is 14.2 Å². The van der Waals surface area contributed by atoms with E-state index in [2.05, 4.69) is 11.1 Å². The quantitative estimate of drug-likeness (QED) is 0.472. The summed E-state index contributed by atoms with van der Waals surface area (Å²) in [5.74, 6) is 2.61. The number of oxazole rings is 1. The summed E-state index contributed by atoms with van der Waals surface area (Å²) in [6.45, 7) is 3.98. The van der Waals surface area contributed by atoms with Gasteiger partial charge in [-0.25, -0.2) is 0 Å². The molecular weight excluding hydrogens is 460 g/mol. The number of anilines is 1. The number of aromatic nitrogens is 1. The van der Waals surface area contributed by atoms with Crippen LogP contribution in [-0.2, 0) is 4.79 Å². The van der Waals surface area contributed by atoms with Gasteiger partial charge in [0.15, 0.2) is 18.1 Å². The van der Waals surface area contributed by atoms with Gasteiger partial charge in [-0.05, 0) is 42.3 Å². The number of carbonyl (C=O) groups excluding carboxylic acids is 1. The molecule has 36 heavy (non-hydrogen) atoms. The van der Waals surface area contributed by atoms with Crippen molar-refractivity contribution in [1.82, 2.24) is 9.88 Å². The van der Waals surface area contributed by atoms with Gasteiger partial charge >= 0.3 is 0 Å². The molecule has 0 spiro atoms. The summed E-state index contributed by atoms with van der Waals surface area (Å²) in [7, 11) is 3.16. The predicted octanol–water partition coefficient (Wildman–Crippen LogP) is 3.77. The minimum Gasteiger partial charge on any atom is -0.493 e. The number of nitriles is 1. The number of ether oxygens (including phenoxy) is 3. The number of piperazine rings is 1. The van der Waals surface area contributed by atoms with Gasteiger partial charge in [0.2, 0.25) is 17.5 Å². The minimum atomic E-state index is -0.0745. The van der Waals surface area contributed by atoms with Crippen LogP contribution in [0, 0.1) is 18.3 Å². The Balaban J connectivity index is 1.37. The Morgan fingerprint density at radius 1 is 1.06 bits per heavy atom. The van der Waals surface area contributed by atoms with E-state index in [4.69, 9.17) is 18.6 Å². The summed E-state index contributed by atoms with van der Waals surface area (Å²) >= 11 is 0. The van der Waals surface area contributed by atoms with Gasteiger partial charge in [-0.1, -0.05) is 24.3 Å². The minimum absolute atomic E-state index is 0.0122. The Hall–Kier alpha value is -4.45. The number of methoxy groups -OCH3 is 2. The number of carbonyl (C=O) groups is 1. The first-order chi connectivity index (χ1) is 17.5. The van der Waals surface area contributed by atoms with Crippen molar-refractivity contribution in [2.75, 3.05) is 51.9 Å². The standard InChI is InChI=1S/C27H28N4O5/c1-19-6-4-5-7-22(19)35-18-26(32)30-12-14-31(15-13-30)27-21(17-28)29-25(36-27)11-9-20-8-10-23(33-2)24(16-20)34-3/h4-11,16H,12-15,18H2,1-3H3/b11-9+. The normalized spacial score (nSPS) is 13.5. The molecule has 0 saturated carbocycles. The lowest BCUT2D eigenvalue weighted by Gasteiger charge is -2.34. The van der Waals surface area contributed by atoms with E-state index in [-0.39, 0.29) is 18.2 Å². The van der Waals surface area contributed by atoms with E-state index < -0.39 is 0 Å². The Labute approximate surface area is 210 Å². The zero-order chi connectivity index (χ0) is 25.5. The van der Waals surface area contributed by atoms with E-state index >= 15 is 0 Å². The number of hydrogen-bond acceptors (Lipinski definition) is 8. The highest BCUT2D eigenvalue weighted by Crippen LogP contribution is 2.29. The van der Waals surface area contributed by atoms with E-state index in [9.17, 15) is 10.1 Å². The molecule has 1 amide bonds. The lowest BCUT2D eigenvalue weighted by atomic mass is 10.2. The van der Waals surface area contributed by atoms with Crippen molar-refractivity contribution in [2.45, 2.75) is 6.92 Å². The van der Waals surface area contributed by atoms with Gasteiger partial charge in [0.25, 0.3) is 5.91 Å². The molecule has 9 nitrogen and oxygen atoms in total. The molecule has 0 unspecified atom stereocenters. The number of rotatable bonds is 8. The molecule has 1 saturated heterocycles. The molecule has 0 radical (unpaired) electrons. The second-order valence-corrected chi connectivity index (χ2v) is 8.19. The highest BCUT2D eigenvalue weighted by atomic mass is 16.5. The number of para-hydroxylation sites is 1. The Morgan fingerprint density at radius 3 is 2.50 bits per heavy atom.